The molecule has 3 rings (SSSR count). The number of esters is 1. The van der Waals surface area contributed by atoms with Gasteiger partial charge in [0.25, 0.3) is 0 Å². The van der Waals surface area contributed by atoms with Gasteiger partial charge in [-0.3, -0.25) is 4.98 Å². The lowest BCUT2D eigenvalue weighted by atomic mass is 9.67. The molecule has 1 aliphatic carbocycles. The van der Waals surface area contributed by atoms with Gasteiger partial charge in [-0.1, -0.05) is 36.8 Å². The highest BCUT2D eigenvalue weighted by atomic mass is 32.1. The number of hydrogen-bond acceptors (Lipinski definition) is 4. The first kappa shape index (κ1) is 21.2. The Bertz CT molecular complexity index is 889. The number of nitrogens with zero attached hydrogens (tertiary/aromatic N) is 1. The van der Waals surface area contributed by atoms with Gasteiger partial charge in [-0.25, -0.2) is 4.79 Å². The second-order valence-electron chi connectivity index (χ2n) is 6.98. The van der Waals surface area contributed by atoms with Crippen molar-refractivity contribution in [3.8, 4) is 0 Å². The SMILES string of the molecule is CNC(=S)C1(c2cccnc2)CCCCC1OC(=O)c1ccccc1C(F)(F)F. The number of likely N-dealkylation sites (N-methyl/N-ethyl adjacent to an activating group) is 1. The van der Waals surface area contributed by atoms with Gasteiger partial charge in [-0.15, -0.1) is 0 Å². The summed E-state index contributed by atoms with van der Waals surface area (Å²) in [6, 6.07) is 8.27. The van der Waals surface area contributed by atoms with Crippen molar-refractivity contribution in [2.45, 2.75) is 43.4 Å². The van der Waals surface area contributed by atoms with Crippen molar-refractivity contribution in [1.82, 2.24) is 10.3 Å². The van der Waals surface area contributed by atoms with Gasteiger partial charge >= 0.3 is 12.1 Å². The molecule has 2 unspecified atom stereocenters. The summed E-state index contributed by atoms with van der Waals surface area (Å²) >= 11 is 5.59. The van der Waals surface area contributed by atoms with E-state index in [0.717, 1.165) is 30.5 Å². The van der Waals surface area contributed by atoms with E-state index in [1.807, 2.05) is 6.07 Å². The molecule has 2 aromatic rings. The van der Waals surface area contributed by atoms with Crippen molar-refractivity contribution < 1.29 is 22.7 Å². The van der Waals surface area contributed by atoms with Crippen molar-refractivity contribution in [1.29, 1.82) is 0 Å². The highest BCUT2D eigenvalue weighted by molar-refractivity contribution is 7.80. The first-order valence-electron chi connectivity index (χ1n) is 9.30. The summed E-state index contributed by atoms with van der Waals surface area (Å²) in [7, 11) is 1.69. The summed E-state index contributed by atoms with van der Waals surface area (Å²) < 4.78 is 45.7. The van der Waals surface area contributed by atoms with Crippen LogP contribution in [0.4, 0.5) is 13.2 Å². The van der Waals surface area contributed by atoms with Crippen molar-refractivity contribution >= 4 is 23.2 Å². The Morgan fingerprint density at radius 3 is 2.66 bits per heavy atom. The maximum Gasteiger partial charge on any atom is 0.417 e. The number of ether oxygens (including phenoxy) is 1. The maximum absolute atomic E-state index is 13.3. The van der Waals surface area contributed by atoms with Crippen LogP contribution in [0.1, 0.15) is 47.2 Å². The number of rotatable bonds is 4. The zero-order valence-electron chi connectivity index (χ0n) is 15.8. The summed E-state index contributed by atoms with van der Waals surface area (Å²) in [4.78, 5) is 17.5. The normalized spacial score (nSPS) is 22.0. The Balaban J connectivity index is 2.00. The molecular formula is C21H21F3N2O2S. The number of aromatic nitrogens is 1. The molecule has 1 aliphatic rings. The van der Waals surface area contributed by atoms with Crippen LogP contribution in [0, 0.1) is 0 Å². The number of nitrogens with one attached hydrogen (secondary N) is 1. The van der Waals surface area contributed by atoms with Crippen molar-refractivity contribution in [3.63, 3.8) is 0 Å². The number of halogens is 3. The lowest BCUT2D eigenvalue weighted by molar-refractivity contribution is -0.138. The predicted molar refractivity (Wildman–Crippen MR) is 107 cm³/mol. The third-order valence-electron chi connectivity index (χ3n) is 5.35. The van der Waals surface area contributed by atoms with Crippen LogP contribution in [-0.2, 0) is 16.3 Å². The van der Waals surface area contributed by atoms with Gasteiger partial charge in [0.1, 0.15) is 6.10 Å². The van der Waals surface area contributed by atoms with Gasteiger partial charge in [0.05, 0.1) is 21.5 Å². The van der Waals surface area contributed by atoms with Crippen LogP contribution < -0.4 is 5.32 Å². The number of pyridine rings is 1. The Hall–Kier alpha value is -2.48. The molecule has 2 atom stereocenters. The summed E-state index contributed by atoms with van der Waals surface area (Å²) in [6.45, 7) is 0. The van der Waals surface area contributed by atoms with Crippen LogP contribution in [0.5, 0.6) is 0 Å². The largest absolute Gasteiger partial charge is 0.457 e. The molecule has 0 bridgehead atoms. The molecule has 0 spiro atoms. The molecule has 1 aromatic heterocycles. The third-order valence-corrected chi connectivity index (χ3v) is 5.92. The van der Waals surface area contributed by atoms with E-state index in [9.17, 15) is 18.0 Å². The lowest BCUT2D eigenvalue weighted by Gasteiger charge is -2.43. The minimum atomic E-state index is -4.65. The topological polar surface area (TPSA) is 51.2 Å². The molecule has 0 saturated heterocycles. The highest BCUT2D eigenvalue weighted by Gasteiger charge is 2.48. The fourth-order valence-electron chi connectivity index (χ4n) is 3.97. The van der Waals surface area contributed by atoms with Gasteiger partial charge in [0, 0.05) is 19.4 Å². The second kappa shape index (κ2) is 8.49. The Morgan fingerprint density at radius 1 is 1.24 bits per heavy atom. The molecule has 0 radical (unpaired) electrons. The summed E-state index contributed by atoms with van der Waals surface area (Å²) in [5, 5.41) is 2.99. The van der Waals surface area contributed by atoms with Crippen LogP contribution >= 0.6 is 12.2 Å². The van der Waals surface area contributed by atoms with Crippen LogP contribution in [-0.4, -0.2) is 29.1 Å². The van der Waals surface area contributed by atoms with E-state index < -0.39 is 34.8 Å². The number of carbonyl (C=O) groups is 1. The quantitative estimate of drug-likeness (QED) is 0.573. The van der Waals surface area contributed by atoms with Gasteiger partial charge in [-0.2, -0.15) is 13.2 Å². The molecule has 1 fully saturated rings. The van der Waals surface area contributed by atoms with Gasteiger partial charge in [-0.05, 0) is 43.0 Å². The van der Waals surface area contributed by atoms with Gasteiger partial charge in [0.15, 0.2) is 0 Å². The van der Waals surface area contributed by atoms with E-state index in [1.54, 1.807) is 25.5 Å². The average Bonchev–Trinajstić information content (AvgIpc) is 2.73. The van der Waals surface area contributed by atoms with Crippen LogP contribution in [0.25, 0.3) is 0 Å². The molecule has 8 heteroatoms. The third kappa shape index (κ3) is 4.12. The molecule has 154 valence electrons. The Kier molecular flexibility index (Phi) is 6.21. The Labute approximate surface area is 172 Å². The molecular weight excluding hydrogens is 401 g/mol. The van der Waals surface area contributed by atoms with Crippen LogP contribution in [0.2, 0.25) is 0 Å². The number of benzene rings is 1. The minimum absolute atomic E-state index is 0.479. The second-order valence-corrected chi connectivity index (χ2v) is 7.38. The fourth-order valence-corrected chi connectivity index (χ4v) is 4.32. The molecule has 1 heterocycles. The smallest absolute Gasteiger partial charge is 0.417 e. The molecule has 0 amide bonds. The summed E-state index contributed by atoms with van der Waals surface area (Å²) in [6.07, 6.45) is 0.685. The van der Waals surface area contributed by atoms with E-state index in [0.29, 0.717) is 17.8 Å². The number of carbonyl (C=O) groups excluding carboxylic acids is 1. The number of alkyl halides is 3. The molecule has 1 N–H and O–H groups in total. The Morgan fingerprint density at radius 2 is 2.00 bits per heavy atom. The van der Waals surface area contributed by atoms with Crippen molar-refractivity contribution in [3.05, 3.63) is 65.5 Å². The zero-order valence-corrected chi connectivity index (χ0v) is 16.6. The first-order valence-corrected chi connectivity index (χ1v) is 9.71. The molecule has 0 aliphatic heterocycles. The van der Waals surface area contributed by atoms with E-state index in [4.69, 9.17) is 17.0 Å². The maximum atomic E-state index is 13.3. The highest BCUT2D eigenvalue weighted by Crippen LogP contribution is 2.43. The zero-order chi connectivity index (χ0) is 21.1. The average molecular weight is 422 g/mol. The van der Waals surface area contributed by atoms with Crippen molar-refractivity contribution in [2.75, 3.05) is 7.05 Å². The van der Waals surface area contributed by atoms with Gasteiger partial charge in [0.2, 0.25) is 0 Å². The van der Waals surface area contributed by atoms with Gasteiger partial charge < -0.3 is 10.1 Å². The molecule has 4 nitrogen and oxygen atoms in total. The standard InChI is InChI=1S/C21H21F3N2O2S/c1-25-19(29)20(14-7-6-12-26-13-14)11-5-4-10-17(20)28-18(27)15-8-2-3-9-16(15)21(22,23)24/h2-3,6-9,12-13,17H,4-5,10-11H2,1H3,(H,25,29). The monoisotopic (exact) mass is 422 g/mol. The van der Waals surface area contributed by atoms with Crippen LogP contribution in [0.3, 0.4) is 0 Å². The summed E-state index contributed by atoms with van der Waals surface area (Å²) in [5.74, 6) is -1.00. The van der Waals surface area contributed by atoms with E-state index in [-0.39, 0.29) is 0 Å². The summed E-state index contributed by atoms with van der Waals surface area (Å²) in [5.41, 5.74) is -1.56. The van der Waals surface area contributed by atoms with E-state index in [2.05, 4.69) is 10.3 Å². The predicted octanol–water partition coefficient (Wildman–Crippen LogP) is 4.68. The fraction of sp³-hybridized carbons (Fsp3) is 0.381. The first-order chi connectivity index (χ1) is 13.8. The van der Waals surface area contributed by atoms with Crippen LogP contribution in [0.15, 0.2) is 48.8 Å². The molecule has 1 aromatic carbocycles. The molecule has 1 saturated carbocycles. The van der Waals surface area contributed by atoms with E-state index in [1.165, 1.54) is 12.1 Å². The number of thiocarbonyl (C=S) groups is 1. The van der Waals surface area contributed by atoms with Crippen molar-refractivity contribution in [2.24, 2.45) is 0 Å². The number of hydrogen-bond donors (Lipinski definition) is 1. The van der Waals surface area contributed by atoms with E-state index >= 15 is 0 Å². The molecule has 29 heavy (non-hydrogen) atoms. The lowest BCUT2D eigenvalue weighted by Crippen LogP contribution is -2.54. The minimum Gasteiger partial charge on any atom is -0.457 e.